The van der Waals surface area contributed by atoms with E-state index in [9.17, 15) is 0 Å². The molecule has 1 heterocycles. The molecule has 1 aromatic carbocycles. The lowest BCUT2D eigenvalue weighted by molar-refractivity contribution is 0.422. The van der Waals surface area contributed by atoms with Gasteiger partial charge in [-0.2, -0.15) is 5.10 Å². The minimum Gasteiger partial charge on any atom is -0.312 e. The van der Waals surface area contributed by atoms with Crippen molar-refractivity contribution >= 4 is 0 Å². The molecule has 17 heavy (non-hydrogen) atoms. The van der Waals surface area contributed by atoms with Gasteiger partial charge in [0.25, 0.3) is 0 Å². The molecule has 1 unspecified atom stereocenters. The van der Waals surface area contributed by atoms with Crippen LogP contribution in [0.15, 0.2) is 48.8 Å². The summed E-state index contributed by atoms with van der Waals surface area (Å²) in [6, 6.07) is 12.4. The Morgan fingerprint density at radius 3 is 2.76 bits per heavy atom. The Kier molecular flexibility index (Phi) is 4.33. The maximum Gasteiger partial charge on any atom is 0.0489 e. The third-order valence-corrected chi connectivity index (χ3v) is 2.72. The van der Waals surface area contributed by atoms with Gasteiger partial charge < -0.3 is 5.32 Å². The number of rotatable bonds is 6. The van der Waals surface area contributed by atoms with E-state index in [0.29, 0.717) is 5.92 Å². The Bertz CT molecular complexity index is 408. The molecule has 3 heteroatoms. The lowest BCUT2D eigenvalue weighted by Gasteiger charge is -2.12. The highest BCUT2D eigenvalue weighted by Gasteiger charge is 2.02. The normalized spacial score (nSPS) is 12.5. The van der Waals surface area contributed by atoms with Crippen molar-refractivity contribution in [2.45, 2.75) is 20.0 Å². The highest BCUT2D eigenvalue weighted by Crippen LogP contribution is 2.00. The zero-order valence-electron chi connectivity index (χ0n) is 10.2. The van der Waals surface area contributed by atoms with E-state index in [2.05, 4.69) is 41.6 Å². The molecule has 2 aromatic rings. The van der Waals surface area contributed by atoms with Crippen LogP contribution in [0.3, 0.4) is 0 Å². The van der Waals surface area contributed by atoms with Gasteiger partial charge in [-0.25, -0.2) is 0 Å². The summed E-state index contributed by atoms with van der Waals surface area (Å²) in [4.78, 5) is 0. The molecular formula is C14H19N3. The monoisotopic (exact) mass is 229 g/mol. The van der Waals surface area contributed by atoms with Gasteiger partial charge in [-0.3, -0.25) is 4.68 Å². The highest BCUT2D eigenvalue weighted by atomic mass is 15.3. The smallest absolute Gasteiger partial charge is 0.0489 e. The first-order valence-electron chi connectivity index (χ1n) is 6.06. The summed E-state index contributed by atoms with van der Waals surface area (Å²) in [5.41, 5.74) is 1.33. The van der Waals surface area contributed by atoms with Crippen molar-refractivity contribution in [1.82, 2.24) is 15.1 Å². The van der Waals surface area contributed by atoms with Gasteiger partial charge >= 0.3 is 0 Å². The summed E-state index contributed by atoms with van der Waals surface area (Å²) in [7, 11) is 0. The first-order chi connectivity index (χ1) is 8.34. The Morgan fingerprint density at radius 1 is 1.24 bits per heavy atom. The largest absolute Gasteiger partial charge is 0.312 e. The first-order valence-corrected chi connectivity index (χ1v) is 6.06. The van der Waals surface area contributed by atoms with Crippen molar-refractivity contribution in [1.29, 1.82) is 0 Å². The van der Waals surface area contributed by atoms with Crippen molar-refractivity contribution < 1.29 is 0 Å². The van der Waals surface area contributed by atoms with E-state index in [-0.39, 0.29) is 0 Å². The van der Waals surface area contributed by atoms with Crippen LogP contribution in [0.25, 0.3) is 0 Å². The van der Waals surface area contributed by atoms with Crippen LogP contribution in [0, 0.1) is 5.92 Å². The van der Waals surface area contributed by atoms with Gasteiger partial charge in [0.2, 0.25) is 0 Å². The summed E-state index contributed by atoms with van der Waals surface area (Å²) in [5, 5.41) is 7.68. The molecule has 0 amide bonds. The molecule has 2 rings (SSSR count). The summed E-state index contributed by atoms with van der Waals surface area (Å²) in [5.74, 6) is 0.582. The predicted octanol–water partition coefficient (Wildman–Crippen LogP) is 2.31. The second kappa shape index (κ2) is 6.21. The Morgan fingerprint density at radius 2 is 2.06 bits per heavy atom. The van der Waals surface area contributed by atoms with E-state index >= 15 is 0 Å². The summed E-state index contributed by atoms with van der Waals surface area (Å²) in [6.45, 7) is 5.15. The molecule has 3 nitrogen and oxygen atoms in total. The number of benzene rings is 1. The average Bonchev–Trinajstić information content (AvgIpc) is 2.83. The van der Waals surface area contributed by atoms with Crippen molar-refractivity contribution in [3.05, 3.63) is 54.4 Å². The fraction of sp³-hybridized carbons (Fsp3) is 0.357. The van der Waals surface area contributed by atoms with Gasteiger partial charge in [-0.15, -0.1) is 0 Å². The predicted molar refractivity (Wildman–Crippen MR) is 69.5 cm³/mol. The van der Waals surface area contributed by atoms with E-state index in [4.69, 9.17) is 0 Å². The Labute approximate surface area is 102 Å². The summed E-state index contributed by atoms with van der Waals surface area (Å²) < 4.78 is 1.98. The number of hydrogen-bond acceptors (Lipinski definition) is 2. The molecule has 0 radical (unpaired) electrons. The molecule has 1 N–H and O–H groups in total. The van der Waals surface area contributed by atoms with Crippen LogP contribution in [0.5, 0.6) is 0 Å². The van der Waals surface area contributed by atoms with Crippen molar-refractivity contribution in [3.63, 3.8) is 0 Å². The molecule has 0 saturated carbocycles. The molecule has 90 valence electrons. The fourth-order valence-electron chi connectivity index (χ4n) is 1.85. The molecule has 0 aliphatic carbocycles. The molecule has 1 atom stereocenters. The van der Waals surface area contributed by atoms with Crippen LogP contribution in [0.1, 0.15) is 12.5 Å². The quantitative estimate of drug-likeness (QED) is 0.823. The average molecular weight is 229 g/mol. The lowest BCUT2D eigenvalue weighted by Crippen LogP contribution is -2.24. The van der Waals surface area contributed by atoms with Crippen LogP contribution in [0.4, 0.5) is 0 Å². The number of aromatic nitrogens is 2. The molecule has 1 aromatic heterocycles. The van der Waals surface area contributed by atoms with E-state index < -0.39 is 0 Å². The van der Waals surface area contributed by atoms with Crippen molar-refractivity contribution in [2.75, 3.05) is 6.54 Å². The third kappa shape index (κ3) is 4.04. The number of nitrogens with zero attached hydrogens (tertiary/aromatic N) is 2. The van der Waals surface area contributed by atoms with Crippen LogP contribution >= 0.6 is 0 Å². The Hall–Kier alpha value is -1.61. The van der Waals surface area contributed by atoms with E-state index in [1.54, 1.807) is 0 Å². The van der Waals surface area contributed by atoms with Gasteiger partial charge in [-0.05, 0) is 24.1 Å². The standard InChI is InChI=1S/C14H19N3/c1-13(12-17-9-5-8-16-17)10-15-11-14-6-3-2-4-7-14/h2-9,13,15H,10-12H2,1H3. The second-order valence-corrected chi connectivity index (χ2v) is 4.45. The number of hydrogen-bond donors (Lipinski definition) is 1. The van der Waals surface area contributed by atoms with Crippen LogP contribution < -0.4 is 5.32 Å². The Balaban J connectivity index is 1.68. The first kappa shape index (κ1) is 11.9. The van der Waals surface area contributed by atoms with E-state index in [1.165, 1.54) is 5.56 Å². The highest BCUT2D eigenvalue weighted by molar-refractivity contribution is 5.14. The van der Waals surface area contributed by atoms with Crippen LogP contribution in [-0.2, 0) is 13.1 Å². The van der Waals surface area contributed by atoms with Crippen LogP contribution in [-0.4, -0.2) is 16.3 Å². The summed E-state index contributed by atoms with van der Waals surface area (Å²) in [6.07, 6.45) is 3.83. The minimum absolute atomic E-state index is 0.582. The maximum absolute atomic E-state index is 4.21. The zero-order valence-corrected chi connectivity index (χ0v) is 10.2. The minimum atomic E-state index is 0.582. The maximum atomic E-state index is 4.21. The van der Waals surface area contributed by atoms with Gasteiger partial charge in [0.1, 0.15) is 0 Å². The van der Waals surface area contributed by atoms with E-state index in [0.717, 1.165) is 19.6 Å². The topological polar surface area (TPSA) is 29.9 Å². The molecule has 0 spiro atoms. The van der Waals surface area contributed by atoms with Gasteiger partial charge in [0, 0.05) is 25.5 Å². The fourth-order valence-corrected chi connectivity index (χ4v) is 1.85. The van der Waals surface area contributed by atoms with Gasteiger partial charge in [0.15, 0.2) is 0 Å². The SMILES string of the molecule is CC(CNCc1ccccc1)Cn1cccn1. The summed E-state index contributed by atoms with van der Waals surface area (Å²) >= 11 is 0. The molecule has 0 aliphatic rings. The molecule has 0 saturated heterocycles. The molecule has 0 bridgehead atoms. The van der Waals surface area contributed by atoms with Crippen molar-refractivity contribution in [2.24, 2.45) is 5.92 Å². The van der Waals surface area contributed by atoms with Crippen LogP contribution in [0.2, 0.25) is 0 Å². The molecular weight excluding hydrogens is 210 g/mol. The van der Waals surface area contributed by atoms with Crippen molar-refractivity contribution in [3.8, 4) is 0 Å². The van der Waals surface area contributed by atoms with Gasteiger partial charge in [-0.1, -0.05) is 37.3 Å². The molecule has 0 aliphatic heterocycles. The van der Waals surface area contributed by atoms with E-state index in [1.807, 2.05) is 29.2 Å². The lowest BCUT2D eigenvalue weighted by atomic mass is 10.1. The van der Waals surface area contributed by atoms with Gasteiger partial charge in [0.05, 0.1) is 0 Å². The second-order valence-electron chi connectivity index (χ2n) is 4.45. The third-order valence-electron chi connectivity index (χ3n) is 2.72. The molecule has 0 fully saturated rings. The number of nitrogens with one attached hydrogen (secondary N) is 1. The zero-order chi connectivity index (χ0) is 11.9.